The van der Waals surface area contributed by atoms with Crippen molar-refractivity contribution in [2.75, 3.05) is 6.79 Å². The zero-order valence-electron chi connectivity index (χ0n) is 10.5. The third-order valence-corrected chi connectivity index (χ3v) is 4.03. The molecule has 0 unspecified atom stereocenters. The van der Waals surface area contributed by atoms with Gasteiger partial charge in [0.1, 0.15) is 10.1 Å². The number of ether oxygens (including phenoxy) is 2. The predicted octanol–water partition coefficient (Wildman–Crippen LogP) is 1.95. The van der Waals surface area contributed by atoms with Crippen molar-refractivity contribution in [1.82, 2.24) is 5.32 Å². The number of hydrogen-bond acceptors (Lipinski definition) is 7. The fourth-order valence-electron chi connectivity index (χ4n) is 2.01. The van der Waals surface area contributed by atoms with E-state index in [2.05, 4.69) is 5.32 Å². The number of nitrogens with zero attached hydrogens (tertiary/aromatic N) is 1. The summed E-state index contributed by atoms with van der Waals surface area (Å²) < 4.78 is 10.9. The molecule has 1 aromatic rings. The van der Waals surface area contributed by atoms with Crippen molar-refractivity contribution in [2.45, 2.75) is 6.61 Å². The highest BCUT2D eigenvalue weighted by atomic mass is 32.2. The van der Waals surface area contributed by atoms with Crippen LogP contribution in [0.4, 0.5) is 5.69 Å². The summed E-state index contributed by atoms with van der Waals surface area (Å²) in [5.74, 6) is 0.169. The molecule has 2 aliphatic rings. The fourth-order valence-corrected chi connectivity index (χ4v) is 3.04. The van der Waals surface area contributed by atoms with Crippen molar-refractivity contribution in [1.29, 1.82) is 0 Å². The van der Waals surface area contributed by atoms with Gasteiger partial charge in [-0.2, -0.15) is 0 Å². The quantitative estimate of drug-likeness (QED) is 0.385. The van der Waals surface area contributed by atoms with Crippen LogP contribution in [0, 0.1) is 10.1 Å². The Balaban J connectivity index is 2.10. The molecule has 1 fully saturated rings. The number of amides is 1. The molecule has 0 aromatic heterocycles. The van der Waals surface area contributed by atoms with Crippen LogP contribution in [0.25, 0.3) is 6.08 Å². The first kappa shape index (κ1) is 14.0. The van der Waals surface area contributed by atoms with Crippen molar-refractivity contribution >= 4 is 46.0 Å². The van der Waals surface area contributed by atoms with Crippen LogP contribution in [-0.2, 0) is 16.1 Å². The van der Waals surface area contributed by atoms with Gasteiger partial charge in [0.2, 0.25) is 0 Å². The molecule has 0 bridgehead atoms. The number of thioether (sulfide) groups is 1. The van der Waals surface area contributed by atoms with Crippen LogP contribution in [0.3, 0.4) is 0 Å². The van der Waals surface area contributed by atoms with Crippen LogP contribution in [0.2, 0.25) is 0 Å². The second-order valence-electron chi connectivity index (χ2n) is 4.24. The summed E-state index contributed by atoms with van der Waals surface area (Å²) in [6, 6.07) is 2.77. The number of hydrogen-bond donors (Lipinski definition) is 1. The Morgan fingerprint density at radius 3 is 2.95 bits per heavy atom. The van der Waals surface area contributed by atoms with E-state index >= 15 is 0 Å². The van der Waals surface area contributed by atoms with Crippen LogP contribution in [-0.4, -0.2) is 21.9 Å². The molecule has 0 radical (unpaired) electrons. The SMILES string of the molecule is O=C1NC(=S)S/C1=C\c1cc([N+](=O)[O-])cc2c1OCOC2. The lowest BCUT2D eigenvalue weighted by molar-refractivity contribution is -0.385. The first-order valence-electron chi connectivity index (χ1n) is 5.81. The average Bonchev–Trinajstić information content (AvgIpc) is 2.76. The largest absolute Gasteiger partial charge is 0.467 e. The molecule has 21 heavy (non-hydrogen) atoms. The van der Waals surface area contributed by atoms with E-state index in [1.807, 2.05) is 0 Å². The van der Waals surface area contributed by atoms with Gasteiger partial charge in [-0.15, -0.1) is 0 Å². The molecule has 108 valence electrons. The van der Waals surface area contributed by atoms with Gasteiger partial charge in [-0.05, 0) is 6.08 Å². The van der Waals surface area contributed by atoms with Crippen molar-refractivity contribution in [3.8, 4) is 5.75 Å². The number of thiocarbonyl (C=S) groups is 1. The minimum atomic E-state index is -0.497. The summed E-state index contributed by atoms with van der Waals surface area (Å²) >= 11 is 6.02. The van der Waals surface area contributed by atoms with E-state index < -0.39 is 4.92 Å². The summed E-state index contributed by atoms with van der Waals surface area (Å²) in [4.78, 5) is 22.6. The van der Waals surface area contributed by atoms with E-state index in [9.17, 15) is 14.9 Å². The van der Waals surface area contributed by atoms with E-state index in [1.165, 1.54) is 18.2 Å². The van der Waals surface area contributed by atoms with Crippen LogP contribution in [0.1, 0.15) is 11.1 Å². The number of rotatable bonds is 2. The highest BCUT2D eigenvalue weighted by Crippen LogP contribution is 2.36. The zero-order chi connectivity index (χ0) is 15.0. The topological polar surface area (TPSA) is 90.7 Å². The Labute approximate surface area is 128 Å². The summed E-state index contributed by atoms with van der Waals surface area (Å²) in [5.41, 5.74) is 0.957. The number of nitro groups is 1. The first-order chi connectivity index (χ1) is 10.0. The fraction of sp³-hybridized carbons (Fsp3) is 0.167. The molecule has 1 saturated heterocycles. The van der Waals surface area contributed by atoms with E-state index in [0.29, 0.717) is 26.1 Å². The van der Waals surface area contributed by atoms with Crippen LogP contribution >= 0.6 is 24.0 Å². The Hall–Kier alpha value is -1.97. The van der Waals surface area contributed by atoms with Crippen LogP contribution in [0.5, 0.6) is 5.75 Å². The second-order valence-corrected chi connectivity index (χ2v) is 5.96. The normalized spacial score (nSPS) is 19.1. The Kier molecular flexibility index (Phi) is 3.62. The summed E-state index contributed by atoms with van der Waals surface area (Å²) in [5, 5.41) is 13.5. The van der Waals surface area contributed by atoms with Crippen LogP contribution in [0.15, 0.2) is 17.0 Å². The Morgan fingerprint density at radius 2 is 2.29 bits per heavy atom. The lowest BCUT2D eigenvalue weighted by Gasteiger charge is -2.19. The smallest absolute Gasteiger partial charge is 0.270 e. The molecule has 0 aliphatic carbocycles. The molecule has 0 atom stereocenters. The van der Waals surface area contributed by atoms with Gasteiger partial charge in [-0.25, -0.2) is 0 Å². The third-order valence-electron chi connectivity index (χ3n) is 2.86. The maximum Gasteiger partial charge on any atom is 0.270 e. The number of carbonyl (C=O) groups is 1. The number of nitrogens with one attached hydrogen (secondary N) is 1. The van der Waals surface area contributed by atoms with Gasteiger partial charge in [0.25, 0.3) is 11.6 Å². The number of non-ortho nitro benzene ring substituents is 1. The Morgan fingerprint density at radius 1 is 1.48 bits per heavy atom. The molecular formula is C12H8N2O5S2. The standard InChI is InChI=1S/C12H8N2O5S2/c15-11-9(21-12(20)13-11)3-6-1-8(14(16)17)2-7-4-18-5-19-10(6)7/h1-3H,4-5H2,(H,13,15,20)/b9-3-. The minimum Gasteiger partial charge on any atom is -0.467 e. The van der Waals surface area contributed by atoms with Crippen molar-refractivity contribution in [3.05, 3.63) is 38.3 Å². The maximum absolute atomic E-state index is 11.7. The number of benzene rings is 1. The van der Waals surface area contributed by atoms with Gasteiger partial charge < -0.3 is 14.8 Å². The lowest BCUT2D eigenvalue weighted by atomic mass is 10.1. The van der Waals surface area contributed by atoms with E-state index in [-0.39, 0.29) is 25.0 Å². The van der Waals surface area contributed by atoms with Gasteiger partial charge in [-0.3, -0.25) is 14.9 Å². The monoisotopic (exact) mass is 324 g/mol. The molecule has 2 aliphatic heterocycles. The molecule has 3 rings (SSSR count). The molecule has 9 heteroatoms. The predicted molar refractivity (Wildman–Crippen MR) is 79.7 cm³/mol. The Bertz CT molecular complexity index is 701. The highest BCUT2D eigenvalue weighted by molar-refractivity contribution is 8.26. The summed E-state index contributed by atoms with van der Waals surface area (Å²) in [6.07, 6.45) is 1.54. The van der Waals surface area contributed by atoms with Gasteiger partial charge >= 0.3 is 0 Å². The third kappa shape index (κ3) is 2.75. The van der Waals surface area contributed by atoms with E-state index in [4.69, 9.17) is 21.7 Å². The average molecular weight is 324 g/mol. The zero-order valence-corrected chi connectivity index (χ0v) is 12.1. The van der Waals surface area contributed by atoms with Crippen molar-refractivity contribution < 1.29 is 19.2 Å². The second kappa shape index (κ2) is 5.43. The van der Waals surface area contributed by atoms with Gasteiger partial charge in [-0.1, -0.05) is 24.0 Å². The lowest BCUT2D eigenvalue weighted by Crippen LogP contribution is -2.17. The van der Waals surface area contributed by atoms with Crippen molar-refractivity contribution in [2.24, 2.45) is 0 Å². The summed E-state index contributed by atoms with van der Waals surface area (Å²) in [6.45, 7) is 0.295. The molecule has 2 heterocycles. The molecule has 1 N–H and O–H groups in total. The molecule has 0 saturated carbocycles. The minimum absolute atomic E-state index is 0.0682. The number of carbonyl (C=O) groups excluding carboxylic acids is 1. The van der Waals surface area contributed by atoms with E-state index in [0.717, 1.165) is 11.8 Å². The highest BCUT2D eigenvalue weighted by Gasteiger charge is 2.25. The first-order valence-corrected chi connectivity index (χ1v) is 7.04. The van der Waals surface area contributed by atoms with Crippen LogP contribution < -0.4 is 10.1 Å². The molecule has 7 nitrogen and oxygen atoms in total. The van der Waals surface area contributed by atoms with Gasteiger partial charge in [0.15, 0.2) is 6.79 Å². The van der Waals surface area contributed by atoms with E-state index in [1.54, 1.807) is 0 Å². The maximum atomic E-state index is 11.7. The molecule has 1 amide bonds. The number of fused-ring (bicyclic) bond motifs is 1. The number of nitro benzene ring substituents is 1. The van der Waals surface area contributed by atoms with Gasteiger partial charge in [0.05, 0.1) is 16.4 Å². The summed E-state index contributed by atoms with van der Waals surface area (Å²) in [7, 11) is 0. The van der Waals surface area contributed by atoms with Crippen molar-refractivity contribution in [3.63, 3.8) is 0 Å². The molecule has 0 spiro atoms. The molecule has 1 aromatic carbocycles. The molecular weight excluding hydrogens is 316 g/mol. The van der Waals surface area contributed by atoms with Gasteiger partial charge in [0, 0.05) is 23.3 Å².